The molecule has 4 N–H and O–H groups in total. The van der Waals surface area contributed by atoms with Crippen LogP contribution >= 0.6 is 0 Å². The number of fused-ring (bicyclic) bond motifs is 5. The number of ether oxygens (including phenoxy) is 7. The Morgan fingerprint density at radius 2 is 1.56 bits per heavy atom. The molecule has 0 radical (unpaired) electrons. The van der Waals surface area contributed by atoms with Gasteiger partial charge in [-0.2, -0.15) is 0 Å². The van der Waals surface area contributed by atoms with Gasteiger partial charge in [0.2, 0.25) is 17.7 Å². The fourth-order valence-corrected chi connectivity index (χ4v) is 8.04. The second kappa shape index (κ2) is 25.3. The number of anilines is 1. The average Bonchev–Trinajstić information content (AvgIpc) is 3.72. The predicted molar refractivity (Wildman–Crippen MR) is 256 cm³/mol. The Kier molecular flexibility index (Phi) is 19.0. The first-order chi connectivity index (χ1) is 34.2. The number of benzene rings is 2. The number of carbonyl (C=O) groups is 5. The maximum Gasteiger partial charge on any atom is 0.514 e. The summed E-state index contributed by atoms with van der Waals surface area (Å²) >= 11 is 0. The van der Waals surface area contributed by atoms with E-state index in [2.05, 4.69) is 26.0 Å². The molecule has 0 aliphatic carbocycles. The van der Waals surface area contributed by atoms with Gasteiger partial charge in [-0.25, -0.2) is 14.6 Å². The minimum Gasteiger partial charge on any atom is -0.458 e. The molecule has 2 aliphatic rings. The number of nitrogens with one attached hydrogen (secondary N) is 3. The zero-order chi connectivity index (χ0) is 51.1. The van der Waals surface area contributed by atoms with Crippen molar-refractivity contribution in [3.8, 4) is 17.1 Å². The third-order valence-electron chi connectivity index (χ3n) is 11.9. The largest absolute Gasteiger partial charge is 0.514 e. The van der Waals surface area contributed by atoms with Gasteiger partial charge in [-0.05, 0) is 78.7 Å². The molecule has 22 nitrogen and oxygen atoms in total. The molecule has 3 atom stereocenters. The maximum atomic E-state index is 13.7. The van der Waals surface area contributed by atoms with Crippen molar-refractivity contribution >= 4 is 46.4 Å². The summed E-state index contributed by atoms with van der Waals surface area (Å²) in [7, 11) is 0. The molecule has 22 heteroatoms. The first-order valence-corrected chi connectivity index (χ1v) is 23.5. The van der Waals surface area contributed by atoms with Crippen molar-refractivity contribution in [2.24, 2.45) is 11.0 Å². The summed E-state index contributed by atoms with van der Waals surface area (Å²) in [6, 6.07) is 11.4. The van der Waals surface area contributed by atoms with Gasteiger partial charge in [0.25, 0.3) is 5.56 Å². The van der Waals surface area contributed by atoms with E-state index in [1.165, 1.54) is 6.92 Å². The molecule has 0 unspecified atom stereocenters. The van der Waals surface area contributed by atoms with Crippen LogP contribution in [0.4, 0.5) is 10.5 Å². The SMILES string of the molecule is CCc1c2c(nc3ccc(OC(=O)OCc4ccc(NC(=O)[C@H](C)NC(=O)[C@@H](NC(=O)CCOCCOCCOCCOCCN=[N+]=[N-])C(C)C)cc4)cc13)-c1cc3c(c(=O)n1C2)COC(=O)[C@@]3(O)CC. The number of cyclic esters (lactones) is 1. The normalized spacial score (nSPS) is 15.4. The monoisotopic (exact) mass is 984 g/mol. The number of aliphatic hydroxyl groups is 1. The highest BCUT2D eigenvalue weighted by molar-refractivity contribution is 5.98. The molecule has 71 heavy (non-hydrogen) atoms. The third kappa shape index (κ3) is 13.5. The fourth-order valence-electron chi connectivity index (χ4n) is 8.04. The van der Waals surface area contributed by atoms with Gasteiger partial charge in [0.15, 0.2) is 5.60 Å². The predicted octanol–water partition coefficient (Wildman–Crippen LogP) is 4.71. The van der Waals surface area contributed by atoms with Crippen LogP contribution in [0.25, 0.3) is 32.7 Å². The van der Waals surface area contributed by atoms with E-state index in [0.29, 0.717) is 74.2 Å². The van der Waals surface area contributed by atoms with Crippen molar-refractivity contribution in [3.63, 3.8) is 0 Å². The Labute approximate surface area is 409 Å². The van der Waals surface area contributed by atoms with E-state index in [4.69, 9.17) is 43.7 Å². The molecule has 380 valence electrons. The highest BCUT2D eigenvalue weighted by atomic mass is 16.7. The van der Waals surface area contributed by atoms with Crippen molar-refractivity contribution in [3.05, 3.63) is 97.1 Å². The van der Waals surface area contributed by atoms with Crippen molar-refractivity contribution in [1.82, 2.24) is 20.2 Å². The minimum atomic E-state index is -1.94. The number of rotatable bonds is 26. The number of amides is 3. The van der Waals surface area contributed by atoms with E-state index in [-0.39, 0.29) is 86.6 Å². The van der Waals surface area contributed by atoms with Crippen LogP contribution in [0.15, 0.2) is 58.4 Å². The van der Waals surface area contributed by atoms with Crippen molar-refractivity contribution in [1.29, 1.82) is 0 Å². The van der Waals surface area contributed by atoms with Crippen molar-refractivity contribution in [2.75, 3.05) is 64.7 Å². The Bertz CT molecular complexity index is 2690. The van der Waals surface area contributed by atoms with Crippen LogP contribution in [0.5, 0.6) is 5.75 Å². The van der Waals surface area contributed by atoms with Gasteiger partial charge in [-0.1, -0.05) is 44.9 Å². The van der Waals surface area contributed by atoms with E-state index in [9.17, 15) is 33.9 Å². The summed E-state index contributed by atoms with van der Waals surface area (Å²) in [4.78, 5) is 85.5. The Morgan fingerprint density at radius 3 is 2.21 bits per heavy atom. The van der Waals surface area contributed by atoms with Crippen molar-refractivity contribution < 1.29 is 62.2 Å². The van der Waals surface area contributed by atoms with E-state index in [0.717, 1.165) is 16.5 Å². The zero-order valence-corrected chi connectivity index (χ0v) is 40.4. The van der Waals surface area contributed by atoms with Crippen LogP contribution in [-0.2, 0) is 79.4 Å². The summed E-state index contributed by atoms with van der Waals surface area (Å²) in [6.07, 6.45) is -0.332. The smallest absolute Gasteiger partial charge is 0.458 e. The summed E-state index contributed by atoms with van der Waals surface area (Å²) < 4.78 is 39.2. The second-order valence-corrected chi connectivity index (χ2v) is 17.1. The van der Waals surface area contributed by atoms with E-state index in [1.807, 2.05) is 6.92 Å². The number of nitrogens with zero attached hydrogens (tertiary/aromatic N) is 5. The number of esters is 1. The molecular weight excluding hydrogens is 925 g/mol. The van der Waals surface area contributed by atoms with Gasteiger partial charge in [0, 0.05) is 40.1 Å². The molecule has 2 aromatic heterocycles. The molecule has 4 aromatic rings. The number of hydrogen-bond donors (Lipinski definition) is 4. The van der Waals surface area contributed by atoms with Gasteiger partial charge in [-0.15, -0.1) is 0 Å². The molecule has 2 aliphatic heterocycles. The summed E-state index contributed by atoms with van der Waals surface area (Å²) in [5.41, 5.74) is 10.8. The lowest BCUT2D eigenvalue weighted by molar-refractivity contribution is -0.172. The molecule has 6 rings (SSSR count). The van der Waals surface area contributed by atoms with E-state index >= 15 is 0 Å². The molecule has 0 spiro atoms. The minimum absolute atomic E-state index is 0.0166. The highest BCUT2D eigenvalue weighted by Gasteiger charge is 2.45. The number of aryl methyl sites for hydroxylation is 1. The quantitative estimate of drug-likeness (QED) is 0.0146. The maximum absolute atomic E-state index is 13.7. The first-order valence-electron chi connectivity index (χ1n) is 23.5. The molecule has 0 saturated heterocycles. The fraction of sp³-hybridized carbons (Fsp3) is 0.490. The molecule has 0 saturated carbocycles. The Balaban J connectivity index is 0.917. The van der Waals surface area contributed by atoms with Gasteiger partial charge >= 0.3 is 12.1 Å². The van der Waals surface area contributed by atoms with Crippen LogP contribution in [0.1, 0.15) is 75.3 Å². The van der Waals surface area contributed by atoms with Crippen LogP contribution in [0.3, 0.4) is 0 Å². The van der Waals surface area contributed by atoms with Crippen LogP contribution in [0, 0.1) is 5.92 Å². The lowest BCUT2D eigenvalue weighted by atomic mass is 9.86. The number of pyridine rings is 2. The lowest BCUT2D eigenvalue weighted by Gasteiger charge is -2.31. The molecular formula is C49H60N8O14. The summed E-state index contributed by atoms with van der Waals surface area (Å²) in [5.74, 6) is -2.26. The van der Waals surface area contributed by atoms with E-state index < -0.39 is 41.6 Å². The number of aromatic nitrogens is 2. The first kappa shape index (κ1) is 53.4. The zero-order valence-electron chi connectivity index (χ0n) is 40.4. The molecule has 4 heterocycles. The molecule has 2 aromatic carbocycles. The Hall–Kier alpha value is -6.94. The van der Waals surface area contributed by atoms with Gasteiger partial charge in [0.1, 0.15) is 31.0 Å². The summed E-state index contributed by atoms with van der Waals surface area (Å²) in [6.45, 7) is 11.3. The van der Waals surface area contributed by atoms with Gasteiger partial charge in [-0.3, -0.25) is 19.2 Å². The second-order valence-electron chi connectivity index (χ2n) is 17.1. The Morgan fingerprint density at radius 1 is 0.887 bits per heavy atom. The number of azide groups is 1. The lowest BCUT2D eigenvalue weighted by Crippen LogP contribution is -2.53. The standard InChI is InChI=1S/C49H60N8O14/c1-6-34-35-24-33(12-13-39(35)54-43-36(34)26-57-40(43)25-38-37(46(57)61)28-69-47(62)49(38,64)7-2)71-48(63)70-27-31-8-10-32(11-9-31)53-44(59)30(5)52-45(60)42(29(3)4)55-41(58)14-16-65-18-20-67-22-23-68-21-19-66-17-15-51-56-50/h8-13,24-25,29-30,42,64H,6-7,14-23,26-28H2,1-5H3,(H,52,60)(H,53,59)(H,55,58)/t30-,42-,49+/m0/s1. The average molecular weight is 985 g/mol. The van der Waals surface area contributed by atoms with E-state index in [1.54, 1.807) is 73.9 Å². The van der Waals surface area contributed by atoms with Crippen LogP contribution in [-0.4, -0.2) is 116 Å². The third-order valence-corrected chi connectivity index (χ3v) is 11.9. The molecule has 3 amide bonds. The van der Waals surface area contributed by atoms with Crippen LogP contribution < -0.4 is 26.2 Å². The van der Waals surface area contributed by atoms with Crippen LogP contribution in [0.2, 0.25) is 0 Å². The summed E-state index contributed by atoms with van der Waals surface area (Å²) in [5, 5.41) is 23.4. The topological polar surface area (TPSA) is 290 Å². The van der Waals surface area contributed by atoms with Crippen molar-refractivity contribution in [2.45, 2.75) is 91.3 Å². The van der Waals surface area contributed by atoms with Gasteiger partial charge in [0.05, 0.1) is 81.9 Å². The highest BCUT2D eigenvalue weighted by Crippen LogP contribution is 2.41. The molecule has 0 bridgehead atoms. The number of carbonyl (C=O) groups excluding carboxylic acids is 5. The number of hydrogen-bond acceptors (Lipinski definition) is 16. The van der Waals surface area contributed by atoms with Gasteiger partial charge < -0.3 is 58.8 Å². The molecule has 0 fully saturated rings.